The van der Waals surface area contributed by atoms with E-state index in [9.17, 15) is 9.59 Å². The third-order valence-corrected chi connectivity index (χ3v) is 4.14. The van der Waals surface area contributed by atoms with Crippen LogP contribution in [0.3, 0.4) is 0 Å². The van der Waals surface area contributed by atoms with Crippen LogP contribution in [0.15, 0.2) is 36.4 Å². The molecular formula is C19H19Cl2NO4. The van der Waals surface area contributed by atoms with Crippen LogP contribution in [0.1, 0.15) is 18.1 Å². The summed E-state index contributed by atoms with van der Waals surface area (Å²) in [6.45, 7) is 3.15. The van der Waals surface area contributed by atoms with Gasteiger partial charge in [0, 0.05) is 10.7 Å². The van der Waals surface area contributed by atoms with Crippen molar-refractivity contribution in [3.05, 3.63) is 57.6 Å². The minimum atomic E-state index is -0.674. The van der Waals surface area contributed by atoms with E-state index in [-0.39, 0.29) is 11.6 Å². The number of esters is 1. The van der Waals surface area contributed by atoms with Gasteiger partial charge in [-0.25, -0.2) is 4.79 Å². The molecule has 0 aliphatic carbocycles. The number of carbonyl (C=O) groups is 2. The van der Waals surface area contributed by atoms with E-state index in [2.05, 4.69) is 5.32 Å². The first-order chi connectivity index (χ1) is 12.4. The van der Waals surface area contributed by atoms with Crippen molar-refractivity contribution in [1.29, 1.82) is 0 Å². The number of rotatable bonds is 7. The predicted octanol–water partition coefficient (Wildman–Crippen LogP) is 4.42. The van der Waals surface area contributed by atoms with E-state index in [1.165, 1.54) is 6.07 Å². The van der Waals surface area contributed by atoms with Crippen LogP contribution in [-0.4, -0.2) is 25.1 Å². The highest BCUT2D eigenvalue weighted by molar-refractivity contribution is 6.35. The number of hydrogen-bond acceptors (Lipinski definition) is 4. The van der Waals surface area contributed by atoms with Crippen LogP contribution in [0.4, 0.5) is 5.69 Å². The van der Waals surface area contributed by atoms with Gasteiger partial charge in [-0.15, -0.1) is 0 Å². The zero-order valence-electron chi connectivity index (χ0n) is 14.5. The van der Waals surface area contributed by atoms with E-state index in [0.29, 0.717) is 10.8 Å². The zero-order valence-corrected chi connectivity index (χ0v) is 16.0. The van der Waals surface area contributed by atoms with Gasteiger partial charge in [0.15, 0.2) is 13.2 Å². The van der Waals surface area contributed by atoms with Gasteiger partial charge in [0.2, 0.25) is 0 Å². The lowest BCUT2D eigenvalue weighted by Gasteiger charge is -2.13. The van der Waals surface area contributed by atoms with Crippen LogP contribution in [-0.2, 0) is 20.7 Å². The normalized spacial score (nSPS) is 10.3. The second kappa shape index (κ2) is 9.46. The summed E-state index contributed by atoms with van der Waals surface area (Å²) in [5.74, 6) is -0.775. The van der Waals surface area contributed by atoms with E-state index in [0.717, 1.165) is 23.2 Å². The topological polar surface area (TPSA) is 64.6 Å². The van der Waals surface area contributed by atoms with Crippen molar-refractivity contribution in [2.75, 3.05) is 18.5 Å². The minimum absolute atomic E-state index is 0.287. The molecule has 0 bridgehead atoms. The third-order valence-electron chi connectivity index (χ3n) is 3.61. The Labute approximate surface area is 162 Å². The Balaban J connectivity index is 1.83. The van der Waals surface area contributed by atoms with E-state index in [1.807, 2.05) is 32.0 Å². The van der Waals surface area contributed by atoms with Crippen molar-refractivity contribution in [3.8, 4) is 5.75 Å². The summed E-state index contributed by atoms with van der Waals surface area (Å²) in [5.41, 5.74) is 2.72. The summed E-state index contributed by atoms with van der Waals surface area (Å²) < 4.78 is 10.2. The van der Waals surface area contributed by atoms with E-state index in [1.54, 1.807) is 12.1 Å². The molecule has 0 saturated carbocycles. The second-order valence-corrected chi connectivity index (χ2v) is 6.38. The number of benzene rings is 2. The first-order valence-corrected chi connectivity index (χ1v) is 8.78. The Bertz CT molecular complexity index is 808. The maximum Gasteiger partial charge on any atom is 0.344 e. The fraction of sp³-hybridized carbons (Fsp3) is 0.263. The van der Waals surface area contributed by atoms with E-state index in [4.69, 9.17) is 32.7 Å². The number of halogens is 2. The summed E-state index contributed by atoms with van der Waals surface area (Å²) in [5, 5.41) is 3.53. The largest absolute Gasteiger partial charge is 0.480 e. The number of nitrogens with one attached hydrogen (secondary N) is 1. The highest BCUT2D eigenvalue weighted by Gasteiger charge is 2.12. The van der Waals surface area contributed by atoms with Crippen molar-refractivity contribution < 1.29 is 19.1 Å². The molecule has 26 heavy (non-hydrogen) atoms. The molecule has 7 heteroatoms. The molecule has 0 aliphatic rings. The maximum atomic E-state index is 12.0. The van der Waals surface area contributed by atoms with Crippen molar-refractivity contribution >= 4 is 40.8 Å². The van der Waals surface area contributed by atoms with Gasteiger partial charge in [0.25, 0.3) is 5.91 Å². The highest BCUT2D eigenvalue weighted by Crippen LogP contribution is 2.27. The van der Waals surface area contributed by atoms with Crippen molar-refractivity contribution in [3.63, 3.8) is 0 Å². The number of amides is 1. The van der Waals surface area contributed by atoms with Crippen LogP contribution in [0.5, 0.6) is 5.75 Å². The van der Waals surface area contributed by atoms with Gasteiger partial charge in [-0.3, -0.25) is 4.79 Å². The molecule has 2 aromatic rings. The molecular weight excluding hydrogens is 377 g/mol. The van der Waals surface area contributed by atoms with E-state index >= 15 is 0 Å². The fourth-order valence-corrected chi connectivity index (χ4v) is 2.76. The van der Waals surface area contributed by atoms with Crippen LogP contribution in [0, 0.1) is 6.92 Å². The molecule has 1 amide bonds. The Morgan fingerprint density at radius 2 is 1.88 bits per heavy atom. The second-order valence-electron chi connectivity index (χ2n) is 5.53. The lowest BCUT2D eigenvalue weighted by atomic mass is 10.1. The van der Waals surface area contributed by atoms with Gasteiger partial charge in [0.05, 0.1) is 5.02 Å². The molecule has 138 valence electrons. The first kappa shape index (κ1) is 20.1. The molecule has 0 aliphatic heterocycles. The lowest BCUT2D eigenvalue weighted by molar-refractivity contribution is -0.149. The molecule has 0 unspecified atom stereocenters. The fourth-order valence-electron chi connectivity index (χ4n) is 2.29. The summed E-state index contributed by atoms with van der Waals surface area (Å²) in [6, 6.07) is 10.4. The molecule has 2 rings (SSSR count). The third kappa shape index (κ3) is 5.64. The quantitative estimate of drug-likeness (QED) is 0.704. The summed E-state index contributed by atoms with van der Waals surface area (Å²) >= 11 is 11.7. The van der Waals surface area contributed by atoms with Crippen molar-refractivity contribution in [2.24, 2.45) is 0 Å². The molecule has 0 spiro atoms. The standard InChI is InChI=1S/C19H19Cl2NO4/c1-3-13-6-4-5-12(2)19(13)22-17(23)10-26-18(24)11-25-16-8-7-14(20)9-15(16)21/h4-9H,3,10-11H2,1-2H3,(H,22,23). The van der Waals surface area contributed by atoms with Crippen molar-refractivity contribution in [1.82, 2.24) is 0 Å². The number of aryl methyl sites for hydroxylation is 2. The number of ether oxygens (including phenoxy) is 2. The molecule has 0 aromatic heterocycles. The SMILES string of the molecule is CCc1cccc(C)c1NC(=O)COC(=O)COc1ccc(Cl)cc1Cl. The van der Waals surface area contributed by atoms with E-state index < -0.39 is 18.5 Å². The van der Waals surface area contributed by atoms with Gasteiger partial charge >= 0.3 is 5.97 Å². The smallest absolute Gasteiger partial charge is 0.344 e. The molecule has 1 N–H and O–H groups in total. The number of carbonyl (C=O) groups excluding carboxylic acids is 2. The molecule has 0 saturated heterocycles. The maximum absolute atomic E-state index is 12.0. The molecule has 0 heterocycles. The highest BCUT2D eigenvalue weighted by atomic mass is 35.5. The summed E-state index contributed by atoms with van der Waals surface area (Å²) in [7, 11) is 0. The van der Waals surface area contributed by atoms with Crippen LogP contribution in [0.2, 0.25) is 10.0 Å². The molecule has 0 atom stereocenters. The summed E-state index contributed by atoms with van der Waals surface area (Å²) in [4.78, 5) is 23.8. The molecule has 2 aromatic carbocycles. The Morgan fingerprint density at radius 1 is 1.12 bits per heavy atom. The number of anilines is 1. The Hall–Kier alpha value is -2.24. The van der Waals surface area contributed by atoms with Gasteiger partial charge < -0.3 is 14.8 Å². The molecule has 5 nitrogen and oxygen atoms in total. The van der Waals surface area contributed by atoms with Gasteiger partial charge in [-0.1, -0.05) is 48.3 Å². The number of hydrogen-bond donors (Lipinski definition) is 1. The first-order valence-electron chi connectivity index (χ1n) is 8.02. The monoisotopic (exact) mass is 395 g/mol. The van der Waals surface area contributed by atoms with Crippen molar-refractivity contribution in [2.45, 2.75) is 20.3 Å². The van der Waals surface area contributed by atoms with Gasteiger partial charge in [-0.2, -0.15) is 0 Å². The van der Waals surface area contributed by atoms with Gasteiger partial charge in [0.1, 0.15) is 5.75 Å². The lowest BCUT2D eigenvalue weighted by Crippen LogP contribution is -2.24. The zero-order chi connectivity index (χ0) is 19.1. The predicted molar refractivity (Wildman–Crippen MR) is 102 cm³/mol. The Kier molecular flexibility index (Phi) is 7.30. The van der Waals surface area contributed by atoms with Crippen LogP contribution >= 0.6 is 23.2 Å². The average Bonchev–Trinajstić information content (AvgIpc) is 2.61. The average molecular weight is 396 g/mol. The summed E-state index contributed by atoms with van der Waals surface area (Å²) in [6.07, 6.45) is 0.784. The van der Waals surface area contributed by atoms with Crippen LogP contribution < -0.4 is 10.1 Å². The van der Waals surface area contributed by atoms with Gasteiger partial charge in [-0.05, 0) is 42.7 Å². The number of para-hydroxylation sites is 1. The van der Waals surface area contributed by atoms with Crippen LogP contribution in [0.25, 0.3) is 0 Å². The minimum Gasteiger partial charge on any atom is -0.480 e. The molecule has 0 radical (unpaired) electrons. The Morgan fingerprint density at radius 3 is 2.58 bits per heavy atom. The molecule has 0 fully saturated rings.